The number of halogens is 3. The van der Waals surface area contributed by atoms with E-state index in [1.165, 1.54) is 23.0 Å². The molecule has 0 atom stereocenters. The van der Waals surface area contributed by atoms with Gasteiger partial charge in [-0.05, 0) is 46.4 Å². The lowest BCUT2D eigenvalue weighted by atomic mass is 10.0. The number of fused-ring (bicyclic) bond motifs is 1. The number of hydrogen-bond acceptors (Lipinski definition) is 4. The number of aliphatic hydroxyl groups excluding tert-OH is 1. The first kappa shape index (κ1) is 18.9. The van der Waals surface area contributed by atoms with E-state index in [0.717, 1.165) is 9.64 Å². The Hall–Kier alpha value is -1.91. The Morgan fingerprint density at radius 2 is 2.08 bits per heavy atom. The summed E-state index contributed by atoms with van der Waals surface area (Å²) in [7, 11) is 0. The van der Waals surface area contributed by atoms with Crippen molar-refractivity contribution in [3.8, 4) is 0 Å². The lowest BCUT2D eigenvalue weighted by Crippen LogP contribution is -2.16. The molecule has 2 aromatic heterocycles. The van der Waals surface area contributed by atoms with Gasteiger partial charge in [0.2, 0.25) is 0 Å². The summed E-state index contributed by atoms with van der Waals surface area (Å²) in [5.74, 6) is -1.45. The smallest absolute Gasteiger partial charge is 0.190 e. The van der Waals surface area contributed by atoms with Gasteiger partial charge in [-0.1, -0.05) is 6.07 Å². The topological polar surface area (TPSA) is 63.8 Å². The molecule has 8 heteroatoms. The molecule has 1 aromatic carbocycles. The van der Waals surface area contributed by atoms with Crippen molar-refractivity contribution in [1.82, 2.24) is 9.38 Å². The molecule has 3 rings (SSSR count). The molecule has 0 saturated heterocycles. The van der Waals surface area contributed by atoms with Gasteiger partial charge in [0.1, 0.15) is 23.8 Å². The SMILES string of the molecule is O=C(COCCO)c1cc(F)c2cncn2c1Cc1ccc(I)cc1F. The molecule has 0 fully saturated rings. The van der Waals surface area contributed by atoms with E-state index in [4.69, 9.17) is 9.84 Å². The molecule has 0 amide bonds. The number of imidazole rings is 1. The molecule has 0 aliphatic heterocycles. The second-order valence-corrected chi connectivity index (χ2v) is 6.86. The molecule has 26 heavy (non-hydrogen) atoms. The van der Waals surface area contributed by atoms with Crippen LogP contribution in [0.15, 0.2) is 36.8 Å². The maximum absolute atomic E-state index is 14.3. The van der Waals surface area contributed by atoms with E-state index in [9.17, 15) is 13.6 Å². The lowest BCUT2D eigenvalue weighted by Gasteiger charge is -2.13. The number of benzene rings is 1. The molecular weight excluding hydrogens is 457 g/mol. The Morgan fingerprint density at radius 3 is 2.81 bits per heavy atom. The first-order chi connectivity index (χ1) is 12.5. The van der Waals surface area contributed by atoms with Crippen LogP contribution in [0.4, 0.5) is 8.78 Å². The monoisotopic (exact) mass is 472 g/mol. The average Bonchev–Trinajstić information content (AvgIpc) is 3.09. The molecule has 0 spiro atoms. The number of carbonyl (C=O) groups is 1. The number of nitrogens with zero attached hydrogens (tertiary/aromatic N) is 2. The van der Waals surface area contributed by atoms with Crippen molar-refractivity contribution < 1.29 is 23.4 Å². The van der Waals surface area contributed by atoms with Crippen LogP contribution in [0.25, 0.3) is 5.52 Å². The standard InChI is InChI=1S/C18H15F2IN2O3/c19-14-6-12(21)2-1-11(14)5-16-13(18(25)9-26-4-3-24)7-15(20)17-8-22-10-23(16)17/h1-2,6-8,10,24H,3-5,9H2. The van der Waals surface area contributed by atoms with Crippen LogP contribution in [0, 0.1) is 15.2 Å². The van der Waals surface area contributed by atoms with E-state index in [-0.39, 0.29) is 37.3 Å². The van der Waals surface area contributed by atoms with Crippen LogP contribution in [0.5, 0.6) is 0 Å². The van der Waals surface area contributed by atoms with Gasteiger partial charge in [-0.25, -0.2) is 13.8 Å². The summed E-state index contributed by atoms with van der Waals surface area (Å²) in [6, 6.07) is 5.93. The van der Waals surface area contributed by atoms with Gasteiger partial charge < -0.3 is 9.84 Å². The van der Waals surface area contributed by atoms with Gasteiger partial charge in [0.25, 0.3) is 0 Å². The quantitative estimate of drug-likeness (QED) is 0.327. The Labute approximate surface area is 161 Å². The number of aliphatic hydroxyl groups is 1. The van der Waals surface area contributed by atoms with Gasteiger partial charge in [0.15, 0.2) is 5.78 Å². The highest BCUT2D eigenvalue weighted by Crippen LogP contribution is 2.23. The van der Waals surface area contributed by atoms with Crippen molar-refractivity contribution in [1.29, 1.82) is 0 Å². The van der Waals surface area contributed by atoms with E-state index in [2.05, 4.69) is 4.98 Å². The molecule has 0 saturated carbocycles. The summed E-state index contributed by atoms with van der Waals surface area (Å²) in [5.41, 5.74) is 1.12. The van der Waals surface area contributed by atoms with Gasteiger partial charge in [-0.2, -0.15) is 0 Å². The molecule has 5 nitrogen and oxygen atoms in total. The third-order valence-corrected chi connectivity index (χ3v) is 4.57. The number of rotatable bonds is 7. The maximum Gasteiger partial charge on any atom is 0.190 e. The third kappa shape index (κ3) is 3.92. The highest BCUT2D eigenvalue weighted by Gasteiger charge is 2.19. The summed E-state index contributed by atoms with van der Waals surface area (Å²) >= 11 is 2.01. The molecular formula is C18H15F2IN2O3. The van der Waals surface area contributed by atoms with Crippen molar-refractivity contribution in [3.63, 3.8) is 0 Å². The fraction of sp³-hybridized carbons (Fsp3) is 0.222. The molecule has 0 bridgehead atoms. The molecule has 3 aromatic rings. The Balaban J connectivity index is 2.06. The molecule has 0 aliphatic rings. The van der Waals surface area contributed by atoms with Gasteiger partial charge in [0, 0.05) is 21.2 Å². The molecule has 0 unspecified atom stereocenters. The highest BCUT2D eigenvalue weighted by atomic mass is 127. The van der Waals surface area contributed by atoms with Crippen molar-refractivity contribution >= 4 is 33.9 Å². The van der Waals surface area contributed by atoms with Crippen LogP contribution < -0.4 is 0 Å². The van der Waals surface area contributed by atoms with E-state index in [0.29, 0.717) is 11.3 Å². The number of ether oxygens (including phenoxy) is 1. The molecule has 136 valence electrons. The maximum atomic E-state index is 14.3. The van der Waals surface area contributed by atoms with Gasteiger partial charge >= 0.3 is 0 Å². The minimum atomic E-state index is -0.597. The van der Waals surface area contributed by atoms with Crippen molar-refractivity contribution in [2.45, 2.75) is 6.42 Å². The van der Waals surface area contributed by atoms with Crippen LogP contribution in [0.3, 0.4) is 0 Å². The Morgan fingerprint density at radius 1 is 1.27 bits per heavy atom. The molecule has 0 aliphatic carbocycles. The van der Waals surface area contributed by atoms with E-state index in [1.54, 1.807) is 12.1 Å². The summed E-state index contributed by atoms with van der Waals surface area (Å²) in [5, 5.41) is 8.76. The Bertz CT molecular complexity index is 959. The molecule has 0 radical (unpaired) electrons. The summed E-state index contributed by atoms with van der Waals surface area (Å²) in [6.45, 7) is -0.520. The first-order valence-corrected chi connectivity index (χ1v) is 8.88. The summed E-state index contributed by atoms with van der Waals surface area (Å²) in [6.07, 6.45) is 2.83. The summed E-state index contributed by atoms with van der Waals surface area (Å²) < 4.78 is 35.9. The average molecular weight is 472 g/mol. The number of carbonyl (C=O) groups excluding carboxylic acids is 1. The van der Waals surface area contributed by atoms with Crippen molar-refractivity contribution in [3.05, 3.63) is 68.8 Å². The van der Waals surface area contributed by atoms with Crippen LogP contribution >= 0.6 is 22.6 Å². The number of Topliss-reactive ketones (excluding diaryl/α,β-unsaturated/α-hetero) is 1. The second kappa shape index (κ2) is 8.19. The fourth-order valence-electron chi connectivity index (χ4n) is 2.68. The predicted octanol–water partition coefficient (Wildman–Crippen LogP) is 3.00. The van der Waals surface area contributed by atoms with Crippen LogP contribution in [0.1, 0.15) is 21.6 Å². The van der Waals surface area contributed by atoms with E-state index >= 15 is 0 Å². The van der Waals surface area contributed by atoms with Gasteiger partial charge in [-0.15, -0.1) is 0 Å². The minimum Gasteiger partial charge on any atom is -0.394 e. The van der Waals surface area contributed by atoms with Crippen LogP contribution in [0.2, 0.25) is 0 Å². The van der Waals surface area contributed by atoms with Gasteiger partial charge in [-0.3, -0.25) is 9.20 Å². The van der Waals surface area contributed by atoms with Crippen molar-refractivity contribution in [2.24, 2.45) is 0 Å². The number of hydrogen-bond donors (Lipinski definition) is 1. The Kier molecular flexibility index (Phi) is 5.94. The fourth-order valence-corrected chi connectivity index (χ4v) is 3.13. The zero-order valence-electron chi connectivity index (χ0n) is 13.6. The third-order valence-electron chi connectivity index (χ3n) is 3.90. The number of ketones is 1. The van der Waals surface area contributed by atoms with Crippen LogP contribution in [-0.2, 0) is 11.2 Å². The highest BCUT2D eigenvalue weighted by molar-refractivity contribution is 14.1. The zero-order valence-corrected chi connectivity index (χ0v) is 15.7. The van der Waals surface area contributed by atoms with E-state index < -0.39 is 17.4 Å². The molecule has 1 N–H and O–H groups in total. The summed E-state index contributed by atoms with van der Waals surface area (Å²) in [4.78, 5) is 16.4. The van der Waals surface area contributed by atoms with Gasteiger partial charge in [0.05, 0.1) is 25.7 Å². The predicted molar refractivity (Wildman–Crippen MR) is 99.3 cm³/mol. The first-order valence-electron chi connectivity index (χ1n) is 7.80. The van der Waals surface area contributed by atoms with Crippen LogP contribution in [-0.4, -0.2) is 40.1 Å². The van der Waals surface area contributed by atoms with E-state index in [1.807, 2.05) is 22.6 Å². The zero-order chi connectivity index (χ0) is 18.7. The molecule has 2 heterocycles. The van der Waals surface area contributed by atoms with Crippen molar-refractivity contribution in [2.75, 3.05) is 19.8 Å². The normalized spacial score (nSPS) is 11.2. The largest absolute Gasteiger partial charge is 0.394 e. The number of aromatic nitrogens is 2. The number of pyridine rings is 1. The lowest BCUT2D eigenvalue weighted by molar-refractivity contribution is 0.0662. The minimum absolute atomic E-state index is 0.00260. The second-order valence-electron chi connectivity index (χ2n) is 5.61.